The molecule has 4 aromatic carbocycles. The number of imidazole rings is 1. The van der Waals surface area contributed by atoms with E-state index in [2.05, 4.69) is 151 Å². The molecule has 5 fully saturated rings. The average molecular weight is 1020 g/mol. The van der Waals surface area contributed by atoms with Crippen LogP contribution in [0.4, 0.5) is 0 Å². The van der Waals surface area contributed by atoms with Gasteiger partial charge in [0.15, 0.2) is 5.78 Å². The van der Waals surface area contributed by atoms with Gasteiger partial charge in [-0.05, 0) is 139 Å². The highest BCUT2D eigenvalue weighted by Crippen LogP contribution is 2.63. The second-order valence-corrected chi connectivity index (χ2v) is 23.1. The number of Topliss-reactive ketones (excluding diaryl/α,β-unsaturated/α-hetero) is 1. The van der Waals surface area contributed by atoms with E-state index >= 15 is 4.79 Å². The molecule has 0 radical (unpaired) electrons. The quantitative estimate of drug-likeness (QED) is 0.106. The third kappa shape index (κ3) is 8.86. The lowest BCUT2D eigenvalue weighted by Crippen LogP contribution is -2.73. The fourth-order valence-corrected chi connectivity index (χ4v) is 15.3. The number of nitrogens with one attached hydrogen (secondary N) is 2. The minimum Gasteiger partial charge on any atom is -0.457 e. The van der Waals surface area contributed by atoms with Gasteiger partial charge >= 0.3 is 0 Å². The summed E-state index contributed by atoms with van der Waals surface area (Å²) in [7, 11) is 12.6. The topological polar surface area (TPSA) is 90.4 Å². The maximum absolute atomic E-state index is 17.6. The zero-order chi connectivity index (χ0) is 50.6. The second-order valence-electron chi connectivity index (χ2n) is 22.2. The number of carbonyl (C=O) groups excluding carboxylic acids is 1. The molecule has 4 aliphatic heterocycles. The molecule has 1 aromatic heterocycles. The Labute approximate surface area is 438 Å². The fourth-order valence-electron chi connectivity index (χ4n) is 15.0. The molecule has 1 aliphatic carbocycles. The van der Waals surface area contributed by atoms with Crippen molar-refractivity contribution in [3.8, 4) is 22.8 Å². The molecule has 12 atom stereocenters. The van der Waals surface area contributed by atoms with Crippen molar-refractivity contribution in [3.63, 3.8) is 0 Å². The Balaban J connectivity index is 1.10. The Hall–Kier alpha value is -4.14. The van der Waals surface area contributed by atoms with Crippen molar-refractivity contribution >= 4 is 29.0 Å². The number of benzene rings is 4. The number of ketones is 1. The van der Waals surface area contributed by atoms with E-state index in [-0.39, 0.29) is 60.3 Å². The van der Waals surface area contributed by atoms with Crippen molar-refractivity contribution in [3.05, 3.63) is 136 Å². The van der Waals surface area contributed by atoms with Crippen LogP contribution in [0.25, 0.3) is 11.3 Å². The molecular weight excluding hydrogens is 940 g/mol. The van der Waals surface area contributed by atoms with E-state index in [1.165, 1.54) is 11.1 Å². The summed E-state index contributed by atoms with van der Waals surface area (Å²) in [6.07, 6.45) is 7.07. The highest BCUT2D eigenvalue weighted by atomic mass is 35.5. The van der Waals surface area contributed by atoms with E-state index in [1.54, 1.807) is 0 Å². The van der Waals surface area contributed by atoms with Gasteiger partial charge in [-0.15, -0.1) is 0 Å². The lowest BCUT2D eigenvalue weighted by Gasteiger charge is -2.57. The summed E-state index contributed by atoms with van der Waals surface area (Å²) in [5.41, 5.74) is 4.27. The largest absolute Gasteiger partial charge is 0.457 e. The van der Waals surface area contributed by atoms with Gasteiger partial charge in [-0.25, -0.2) is 4.98 Å². The van der Waals surface area contributed by atoms with Crippen LogP contribution < -0.4 is 15.4 Å². The number of ether oxygens (including phenoxy) is 2. The molecule has 10 rings (SSSR count). The Morgan fingerprint density at radius 3 is 2.28 bits per heavy atom. The normalized spacial score (nSPS) is 31.8. The SMILES string of the molecule is CC[C@H]1C2N[C@H](COC)C3N(C)[C@@H](Cc4ccc(Cl)cc4)CC4NC[C@H](C)N(C)C5[C@H](Cc6ccccc6)CC(N1Cc1ccc(Cl)cc1Oc1ccc(-c6cnc(CN(C)C)n6C)cc1)C5(CC)C(=O)C423. The van der Waals surface area contributed by atoms with E-state index in [4.69, 9.17) is 37.7 Å². The fraction of sp³-hybridized carbons (Fsp3) is 0.525. The molecule has 5 aromatic rings. The van der Waals surface area contributed by atoms with E-state index in [1.807, 2.05) is 49.7 Å². The minimum atomic E-state index is -0.773. The van der Waals surface area contributed by atoms with Crippen molar-refractivity contribution in [1.82, 2.24) is 39.8 Å². The third-order valence-corrected chi connectivity index (χ3v) is 18.7. The number of likely N-dealkylation sites (tertiary alicyclic amines) is 2. The molecule has 5 heterocycles. The molecule has 1 saturated carbocycles. The maximum atomic E-state index is 17.6. The third-order valence-electron chi connectivity index (χ3n) is 18.2. The van der Waals surface area contributed by atoms with Crippen LogP contribution >= 0.6 is 23.2 Å². The van der Waals surface area contributed by atoms with Gasteiger partial charge in [0.2, 0.25) is 0 Å². The number of hydrogen-bond acceptors (Lipinski definition) is 10. The highest BCUT2D eigenvalue weighted by molar-refractivity contribution is 6.31. The summed E-state index contributed by atoms with van der Waals surface area (Å²) in [5.74, 6) is 3.14. The number of nitrogens with zero attached hydrogens (tertiary/aromatic N) is 6. The van der Waals surface area contributed by atoms with Crippen LogP contribution in [0, 0.1) is 16.7 Å². The number of carbonyl (C=O) groups is 1. The predicted octanol–water partition coefficient (Wildman–Crippen LogP) is 9.39. The first kappa shape index (κ1) is 51.4. The van der Waals surface area contributed by atoms with Gasteiger partial charge in [0.05, 0.1) is 35.9 Å². The summed E-state index contributed by atoms with van der Waals surface area (Å²) in [6.45, 7) is 9.70. The van der Waals surface area contributed by atoms with Crippen LogP contribution in [0.1, 0.15) is 69.0 Å². The summed E-state index contributed by atoms with van der Waals surface area (Å²) in [4.78, 5) is 32.5. The summed E-state index contributed by atoms with van der Waals surface area (Å²) in [6, 6.07) is 33.6. The molecule has 4 saturated heterocycles. The number of aromatic nitrogens is 2. The standard InChI is InChI=1S/C59H76Cl2N8O3/c1-10-48-54-59-51(31-45(28-39-17-22-43(60)23-18-39)67(7)56(59)47(64-54)36-71-9)62-32-37(3)66(6)55-42(27-38-15-13-12-14-16-38)29-52(58(55,11-2)57(59)70)69(48)34-41-19-24-44(61)30-50(41)72-46-25-20-40(21-26-46)49-33-63-53(68(49)8)35-65(4)5/h12-26,30,33,37,42,45,47-48,51-52,54-56,62,64H,10-11,27-29,31-32,34-36H2,1-9H3/t37-,42+,45-,47+,48-,51?,52?,54?,55?,56?,58?,59?/m0/s1. The van der Waals surface area contributed by atoms with Gasteiger partial charge in [-0.2, -0.15) is 0 Å². The molecule has 2 bridgehead atoms. The first-order valence-electron chi connectivity index (χ1n) is 26.5. The molecule has 7 unspecified atom stereocenters. The number of methoxy groups -OCH3 is 1. The number of piperidine rings is 1. The van der Waals surface area contributed by atoms with E-state index in [9.17, 15) is 0 Å². The van der Waals surface area contributed by atoms with Gasteiger partial charge in [-0.1, -0.05) is 85.6 Å². The number of hydrogen-bond donors (Lipinski definition) is 2. The second kappa shape index (κ2) is 20.9. The number of likely N-dealkylation sites (N-methyl/N-ethyl adjacent to an activating group) is 2. The molecule has 72 heavy (non-hydrogen) atoms. The summed E-state index contributed by atoms with van der Waals surface area (Å²) in [5, 5.41) is 9.91. The van der Waals surface area contributed by atoms with Crippen molar-refractivity contribution in [1.29, 1.82) is 0 Å². The van der Waals surface area contributed by atoms with E-state index in [0.717, 1.165) is 90.8 Å². The van der Waals surface area contributed by atoms with Crippen LogP contribution in [0.5, 0.6) is 11.5 Å². The van der Waals surface area contributed by atoms with Crippen LogP contribution in [0.15, 0.2) is 103 Å². The van der Waals surface area contributed by atoms with Crippen LogP contribution in [0.3, 0.4) is 0 Å². The Bertz CT molecular complexity index is 2680. The highest BCUT2D eigenvalue weighted by Gasteiger charge is 2.77. The van der Waals surface area contributed by atoms with Crippen molar-refractivity contribution < 1.29 is 14.3 Å². The Kier molecular flexibility index (Phi) is 14.9. The lowest BCUT2D eigenvalue weighted by molar-refractivity contribution is -0.154. The molecule has 384 valence electrons. The predicted molar refractivity (Wildman–Crippen MR) is 290 cm³/mol. The van der Waals surface area contributed by atoms with Crippen molar-refractivity contribution in [2.75, 3.05) is 48.5 Å². The molecule has 0 amide bonds. The molecule has 2 N–H and O–H groups in total. The van der Waals surface area contributed by atoms with Crippen LogP contribution in [-0.4, -0.2) is 138 Å². The van der Waals surface area contributed by atoms with Gasteiger partial charge in [0.1, 0.15) is 17.3 Å². The average Bonchev–Trinajstić information content (AvgIpc) is 4.01. The smallest absolute Gasteiger partial charge is 0.153 e. The van der Waals surface area contributed by atoms with Crippen molar-refractivity contribution in [2.24, 2.45) is 23.8 Å². The summed E-state index contributed by atoms with van der Waals surface area (Å²) >= 11 is 13.3. The molecule has 1 spiro atoms. The monoisotopic (exact) mass is 1010 g/mol. The Morgan fingerprint density at radius 2 is 1.58 bits per heavy atom. The van der Waals surface area contributed by atoms with Crippen LogP contribution in [-0.2, 0) is 42.5 Å². The maximum Gasteiger partial charge on any atom is 0.153 e. The van der Waals surface area contributed by atoms with Crippen molar-refractivity contribution in [2.45, 2.75) is 127 Å². The van der Waals surface area contributed by atoms with E-state index in [0.29, 0.717) is 24.0 Å². The first-order chi connectivity index (χ1) is 34.7. The zero-order valence-electron chi connectivity index (χ0n) is 43.8. The van der Waals surface area contributed by atoms with Gasteiger partial charge in [0.25, 0.3) is 0 Å². The van der Waals surface area contributed by atoms with Gasteiger partial charge in [-0.3, -0.25) is 19.5 Å². The van der Waals surface area contributed by atoms with Gasteiger partial charge < -0.3 is 29.6 Å². The number of rotatable bonds is 15. The molecular formula is C59H76Cl2N8O3. The Morgan fingerprint density at radius 1 is 0.861 bits per heavy atom. The molecule has 13 heteroatoms. The lowest BCUT2D eigenvalue weighted by atomic mass is 9.54. The number of halogens is 2. The summed E-state index contributed by atoms with van der Waals surface area (Å²) < 4.78 is 15.3. The first-order valence-corrected chi connectivity index (χ1v) is 27.2. The minimum absolute atomic E-state index is 0.000351. The van der Waals surface area contributed by atoms with E-state index < -0.39 is 10.8 Å². The molecule has 5 aliphatic rings. The van der Waals surface area contributed by atoms with Gasteiger partial charge in [0, 0.05) is 103 Å². The van der Waals surface area contributed by atoms with Crippen LogP contribution in [0.2, 0.25) is 10.0 Å². The zero-order valence-corrected chi connectivity index (χ0v) is 45.3. The molecule has 11 nitrogen and oxygen atoms in total.